The zero-order valence-corrected chi connectivity index (χ0v) is 13.1. The van der Waals surface area contributed by atoms with Gasteiger partial charge in [0.15, 0.2) is 0 Å². The molecular formula is C15H12Cl2N2O4. The molecule has 1 amide bonds. The van der Waals surface area contributed by atoms with Crippen LogP contribution < -0.4 is 10.6 Å². The van der Waals surface area contributed by atoms with E-state index in [4.69, 9.17) is 28.3 Å². The number of carboxylic acids is 1. The van der Waals surface area contributed by atoms with Gasteiger partial charge in [-0.15, -0.1) is 0 Å². The first-order chi connectivity index (χ1) is 10.9. The fraction of sp³-hybridized carbons (Fsp3) is 0.0667. The number of rotatable bonds is 5. The van der Waals surface area contributed by atoms with Crippen LogP contribution in [0.15, 0.2) is 36.4 Å². The number of phenols is 1. The number of aromatic carboxylic acids is 1. The molecule has 0 aliphatic carbocycles. The SMILES string of the molecule is O=C(CNc1cc(Cl)ccc1Cl)Nc1ccc(O)cc1C(=O)O. The van der Waals surface area contributed by atoms with Gasteiger partial charge in [-0.05, 0) is 36.4 Å². The number of carboxylic acid groups (broad SMARTS) is 1. The van der Waals surface area contributed by atoms with Crippen LogP contribution in [0, 0.1) is 0 Å². The lowest BCUT2D eigenvalue weighted by Crippen LogP contribution is -2.23. The molecule has 0 heterocycles. The van der Waals surface area contributed by atoms with Crippen molar-refractivity contribution in [2.45, 2.75) is 0 Å². The molecule has 2 rings (SSSR count). The van der Waals surface area contributed by atoms with Crippen molar-refractivity contribution in [3.8, 4) is 5.75 Å². The highest BCUT2D eigenvalue weighted by molar-refractivity contribution is 6.35. The molecule has 8 heteroatoms. The molecule has 0 atom stereocenters. The average Bonchev–Trinajstić information content (AvgIpc) is 2.49. The molecule has 120 valence electrons. The summed E-state index contributed by atoms with van der Waals surface area (Å²) in [5, 5.41) is 24.5. The number of nitrogens with one attached hydrogen (secondary N) is 2. The van der Waals surface area contributed by atoms with Crippen molar-refractivity contribution in [3.05, 3.63) is 52.0 Å². The van der Waals surface area contributed by atoms with Crippen molar-refractivity contribution in [2.75, 3.05) is 17.2 Å². The third-order valence-corrected chi connectivity index (χ3v) is 3.44. The molecule has 6 nitrogen and oxygen atoms in total. The highest BCUT2D eigenvalue weighted by Gasteiger charge is 2.13. The molecule has 0 aliphatic rings. The second-order valence-electron chi connectivity index (χ2n) is 4.56. The smallest absolute Gasteiger partial charge is 0.337 e. The van der Waals surface area contributed by atoms with E-state index in [9.17, 15) is 14.7 Å². The number of anilines is 2. The van der Waals surface area contributed by atoms with E-state index in [1.165, 1.54) is 12.1 Å². The Morgan fingerprint density at radius 2 is 1.78 bits per heavy atom. The maximum Gasteiger partial charge on any atom is 0.337 e. The quantitative estimate of drug-likeness (QED) is 0.616. The number of halogens is 2. The summed E-state index contributed by atoms with van der Waals surface area (Å²) in [5.41, 5.74) is 0.358. The molecule has 0 radical (unpaired) electrons. The summed E-state index contributed by atoms with van der Waals surface area (Å²) in [6, 6.07) is 8.42. The molecule has 0 fully saturated rings. The lowest BCUT2D eigenvalue weighted by atomic mass is 10.1. The van der Waals surface area contributed by atoms with E-state index >= 15 is 0 Å². The van der Waals surface area contributed by atoms with Crippen LogP contribution in [-0.2, 0) is 4.79 Å². The molecule has 0 saturated carbocycles. The molecule has 0 bridgehead atoms. The van der Waals surface area contributed by atoms with Crippen LogP contribution in [0.1, 0.15) is 10.4 Å². The molecule has 0 spiro atoms. The third-order valence-electron chi connectivity index (χ3n) is 2.88. The molecule has 2 aromatic rings. The van der Waals surface area contributed by atoms with E-state index in [0.717, 1.165) is 6.07 Å². The molecule has 0 unspecified atom stereocenters. The van der Waals surface area contributed by atoms with Crippen molar-refractivity contribution in [2.24, 2.45) is 0 Å². The Labute approximate surface area is 141 Å². The predicted molar refractivity (Wildman–Crippen MR) is 88.6 cm³/mol. The van der Waals surface area contributed by atoms with Gasteiger partial charge in [0, 0.05) is 5.02 Å². The summed E-state index contributed by atoms with van der Waals surface area (Å²) < 4.78 is 0. The standard InChI is InChI=1S/C15H12Cl2N2O4/c16-8-1-3-11(17)13(5-8)18-7-14(21)19-12-4-2-9(20)6-10(12)15(22)23/h1-6,18,20H,7H2,(H,19,21)(H,22,23). The second-order valence-corrected chi connectivity index (χ2v) is 5.40. The monoisotopic (exact) mass is 354 g/mol. The van der Waals surface area contributed by atoms with Crippen molar-refractivity contribution < 1.29 is 19.8 Å². The van der Waals surface area contributed by atoms with E-state index in [1.54, 1.807) is 18.2 Å². The fourth-order valence-electron chi connectivity index (χ4n) is 1.82. The highest BCUT2D eigenvalue weighted by atomic mass is 35.5. The fourth-order valence-corrected chi connectivity index (χ4v) is 2.18. The average molecular weight is 355 g/mol. The summed E-state index contributed by atoms with van der Waals surface area (Å²) in [6.07, 6.45) is 0. The van der Waals surface area contributed by atoms with Gasteiger partial charge in [0.2, 0.25) is 5.91 Å². The molecule has 0 aromatic heterocycles. The molecule has 0 saturated heterocycles. The van der Waals surface area contributed by atoms with Gasteiger partial charge in [0.1, 0.15) is 5.75 Å². The van der Waals surface area contributed by atoms with Gasteiger partial charge < -0.3 is 20.8 Å². The van der Waals surface area contributed by atoms with Gasteiger partial charge in [-0.1, -0.05) is 23.2 Å². The molecule has 2 aromatic carbocycles. The summed E-state index contributed by atoms with van der Waals surface area (Å²) in [7, 11) is 0. The van der Waals surface area contributed by atoms with E-state index in [-0.39, 0.29) is 23.5 Å². The minimum Gasteiger partial charge on any atom is -0.508 e. The maximum absolute atomic E-state index is 11.9. The molecule has 4 N–H and O–H groups in total. The first-order valence-corrected chi connectivity index (χ1v) is 7.17. The van der Waals surface area contributed by atoms with Crippen LogP contribution in [-0.4, -0.2) is 28.6 Å². The summed E-state index contributed by atoms with van der Waals surface area (Å²) >= 11 is 11.8. The lowest BCUT2D eigenvalue weighted by molar-refractivity contribution is -0.114. The number of aromatic hydroxyl groups is 1. The number of phenolic OH excluding ortho intramolecular Hbond substituents is 1. The van der Waals surface area contributed by atoms with Crippen molar-refractivity contribution in [3.63, 3.8) is 0 Å². The third kappa shape index (κ3) is 4.51. The molecular weight excluding hydrogens is 343 g/mol. The van der Waals surface area contributed by atoms with Crippen molar-refractivity contribution in [1.82, 2.24) is 0 Å². The van der Waals surface area contributed by atoms with E-state index in [1.807, 2.05) is 0 Å². The van der Waals surface area contributed by atoms with E-state index in [2.05, 4.69) is 10.6 Å². The van der Waals surface area contributed by atoms with Crippen molar-refractivity contribution in [1.29, 1.82) is 0 Å². The Kier molecular flexibility index (Phi) is 5.31. The Balaban J connectivity index is 2.06. The first kappa shape index (κ1) is 16.9. The zero-order valence-electron chi connectivity index (χ0n) is 11.6. The number of carbonyl (C=O) groups is 2. The lowest BCUT2D eigenvalue weighted by Gasteiger charge is -2.11. The maximum atomic E-state index is 11.9. The number of amides is 1. The Morgan fingerprint density at radius 1 is 1.04 bits per heavy atom. The Bertz CT molecular complexity index is 765. The summed E-state index contributed by atoms with van der Waals surface area (Å²) in [4.78, 5) is 23.0. The van der Waals surface area contributed by atoms with E-state index in [0.29, 0.717) is 15.7 Å². The van der Waals surface area contributed by atoms with Crippen LogP contribution in [0.4, 0.5) is 11.4 Å². The Hall–Kier alpha value is -2.44. The van der Waals surface area contributed by atoms with Gasteiger partial charge >= 0.3 is 5.97 Å². The number of carbonyl (C=O) groups excluding carboxylic acids is 1. The van der Waals surface area contributed by atoms with Gasteiger partial charge in [0.05, 0.1) is 28.5 Å². The normalized spacial score (nSPS) is 10.2. The van der Waals surface area contributed by atoms with Crippen molar-refractivity contribution >= 4 is 46.5 Å². The van der Waals surface area contributed by atoms with E-state index < -0.39 is 11.9 Å². The second kappa shape index (κ2) is 7.21. The van der Waals surface area contributed by atoms with Crippen LogP contribution >= 0.6 is 23.2 Å². The van der Waals surface area contributed by atoms with Crippen LogP contribution in [0.5, 0.6) is 5.75 Å². The van der Waals surface area contributed by atoms with Gasteiger partial charge in [-0.2, -0.15) is 0 Å². The van der Waals surface area contributed by atoms with Crippen LogP contribution in [0.3, 0.4) is 0 Å². The highest BCUT2D eigenvalue weighted by Crippen LogP contribution is 2.25. The Morgan fingerprint density at radius 3 is 2.48 bits per heavy atom. The number of hydrogen-bond donors (Lipinski definition) is 4. The molecule has 0 aliphatic heterocycles. The number of hydrogen-bond acceptors (Lipinski definition) is 4. The zero-order chi connectivity index (χ0) is 17.0. The summed E-state index contributed by atoms with van der Waals surface area (Å²) in [6.45, 7) is -0.139. The number of benzene rings is 2. The van der Waals surface area contributed by atoms with Crippen LogP contribution in [0.25, 0.3) is 0 Å². The minimum absolute atomic E-state index is 0.0827. The largest absolute Gasteiger partial charge is 0.508 e. The summed E-state index contributed by atoms with van der Waals surface area (Å²) in [5.74, 6) is -1.94. The molecule has 23 heavy (non-hydrogen) atoms. The van der Waals surface area contributed by atoms with Gasteiger partial charge in [0.25, 0.3) is 0 Å². The topological polar surface area (TPSA) is 98.7 Å². The minimum atomic E-state index is -1.26. The first-order valence-electron chi connectivity index (χ1n) is 6.42. The predicted octanol–water partition coefficient (Wildman–Crippen LogP) is 3.45. The van der Waals surface area contributed by atoms with Gasteiger partial charge in [-0.25, -0.2) is 4.79 Å². The van der Waals surface area contributed by atoms with Crippen LogP contribution in [0.2, 0.25) is 10.0 Å². The van der Waals surface area contributed by atoms with Gasteiger partial charge in [-0.3, -0.25) is 4.79 Å².